The van der Waals surface area contributed by atoms with Gasteiger partial charge in [-0.1, -0.05) is 12.1 Å². The average Bonchev–Trinajstić information content (AvgIpc) is 2.69. The van der Waals surface area contributed by atoms with Crippen molar-refractivity contribution in [2.75, 3.05) is 33.9 Å². The van der Waals surface area contributed by atoms with Gasteiger partial charge in [-0.05, 0) is 62.2 Å². The molecule has 6 heteroatoms. The summed E-state index contributed by atoms with van der Waals surface area (Å²) in [5.74, 6) is 1.54. The van der Waals surface area contributed by atoms with Gasteiger partial charge >= 0.3 is 0 Å². The molecule has 27 heavy (non-hydrogen) atoms. The molecule has 1 aliphatic heterocycles. The number of piperidine rings is 1. The summed E-state index contributed by atoms with van der Waals surface area (Å²) in [6, 6.07) is 12.9. The van der Waals surface area contributed by atoms with Crippen LogP contribution in [0.15, 0.2) is 47.4 Å². The van der Waals surface area contributed by atoms with Gasteiger partial charge in [0.05, 0.1) is 14.2 Å². The molecule has 0 atom stereocenters. The molecule has 0 unspecified atom stereocenters. The van der Waals surface area contributed by atoms with Gasteiger partial charge in [-0.3, -0.25) is 0 Å². The SMILES string of the molecule is COc1ccc(SC2CCN(CCc3ccc(F)cc3)CC2)c(OC)c1.Cl. The summed E-state index contributed by atoms with van der Waals surface area (Å²) in [4.78, 5) is 3.68. The fraction of sp³-hybridized carbons (Fsp3) is 0.429. The number of hydrogen-bond donors (Lipinski definition) is 0. The van der Waals surface area contributed by atoms with Crippen molar-refractivity contribution in [3.63, 3.8) is 0 Å². The second-order valence-electron chi connectivity index (χ2n) is 6.55. The lowest BCUT2D eigenvalue weighted by Gasteiger charge is -2.31. The minimum atomic E-state index is -0.166. The quantitative estimate of drug-likeness (QED) is 0.634. The van der Waals surface area contributed by atoms with Crippen LogP contribution in [0.2, 0.25) is 0 Å². The zero-order chi connectivity index (χ0) is 18.4. The third-order valence-corrected chi connectivity index (χ3v) is 6.22. The summed E-state index contributed by atoms with van der Waals surface area (Å²) in [5, 5.41) is 0.611. The largest absolute Gasteiger partial charge is 0.497 e. The molecule has 1 heterocycles. The Labute approximate surface area is 171 Å². The third-order valence-electron chi connectivity index (χ3n) is 4.83. The van der Waals surface area contributed by atoms with E-state index in [1.165, 1.54) is 23.3 Å². The Morgan fingerprint density at radius 2 is 1.74 bits per heavy atom. The molecule has 0 radical (unpaired) electrons. The number of hydrogen-bond acceptors (Lipinski definition) is 4. The van der Waals surface area contributed by atoms with Gasteiger partial charge < -0.3 is 14.4 Å². The highest BCUT2D eigenvalue weighted by Gasteiger charge is 2.21. The zero-order valence-electron chi connectivity index (χ0n) is 15.8. The predicted octanol–water partition coefficient (Wildman–Crippen LogP) is 5.06. The first-order chi connectivity index (χ1) is 12.7. The highest BCUT2D eigenvalue weighted by Crippen LogP contribution is 2.38. The molecule has 1 fully saturated rings. The van der Waals surface area contributed by atoms with Crippen molar-refractivity contribution >= 4 is 24.2 Å². The van der Waals surface area contributed by atoms with Gasteiger partial charge in [0.25, 0.3) is 0 Å². The Balaban J connectivity index is 0.00000261. The van der Waals surface area contributed by atoms with Crippen molar-refractivity contribution in [1.82, 2.24) is 4.90 Å². The van der Waals surface area contributed by atoms with Crippen molar-refractivity contribution in [3.05, 3.63) is 53.8 Å². The second-order valence-corrected chi connectivity index (χ2v) is 7.89. The van der Waals surface area contributed by atoms with E-state index in [-0.39, 0.29) is 18.2 Å². The molecular formula is C21H27ClFNO2S. The van der Waals surface area contributed by atoms with Crippen LogP contribution < -0.4 is 9.47 Å². The number of methoxy groups -OCH3 is 2. The van der Waals surface area contributed by atoms with Crippen LogP contribution in [-0.4, -0.2) is 44.0 Å². The topological polar surface area (TPSA) is 21.7 Å². The highest BCUT2D eigenvalue weighted by atomic mass is 35.5. The van der Waals surface area contributed by atoms with E-state index in [1.807, 2.05) is 36.0 Å². The van der Waals surface area contributed by atoms with E-state index in [9.17, 15) is 4.39 Å². The van der Waals surface area contributed by atoms with Crippen molar-refractivity contribution in [1.29, 1.82) is 0 Å². The Bertz CT molecular complexity index is 706. The first kappa shape index (κ1) is 21.9. The molecule has 0 aliphatic carbocycles. The molecule has 0 saturated carbocycles. The van der Waals surface area contributed by atoms with Crippen LogP contribution in [0.3, 0.4) is 0 Å². The molecule has 0 amide bonds. The predicted molar refractivity (Wildman–Crippen MR) is 112 cm³/mol. The van der Waals surface area contributed by atoms with Gasteiger partial charge in [0.15, 0.2) is 0 Å². The maximum atomic E-state index is 13.0. The lowest BCUT2D eigenvalue weighted by Crippen LogP contribution is -2.36. The molecule has 0 aromatic heterocycles. The first-order valence-electron chi connectivity index (χ1n) is 9.03. The monoisotopic (exact) mass is 411 g/mol. The lowest BCUT2D eigenvalue weighted by molar-refractivity contribution is 0.235. The van der Waals surface area contributed by atoms with E-state index in [1.54, 1.807) is 26.4 Å². The van der Waals surface area contributed by atoms with Gasteiger partial charge in [-0.25, -0.2) is 4.39 Å². The van der Waals surface area contributed by atoms with Gasteiger partial charge in [-0.15, -0.1) is 24.2 Å². The Kier molecular flexibility index (Phi) is 8.74. The van der Waals surface area contributed by atoms with Crippen LogP contribution in [0.4, 0.5) is 4.39 Å². The van der Waals surface area contributed by atoms with E-state index in [4.69, 9.17) is 9.47 Å². The molecule has 0 bridgehead atoms. The molecule has 1 saturated heterocycles. The van der Waals surface area contributed by atoms with Gasteiger partial charge in [-0.2, -0.15) is 0 Å². The maximum absolute atomic E-state index is 13.0. The summed E-state index contributed by atoms with van der Waals surface area (Å²) in [6.07, 6.45) is 3.32. The summed E-state index contributed by atoms with van der Waals surface area (Å²) in [6.45, 7) is 3.25. The van der Waals surface area contributed by atoms with Crippen LogP contribution in [-0.2, 0) is 6.42 Å². The molecule has 3 rings (SSSR count). The molecule has 3 nitrogen and oxygen atoms in total. The molecule has 0 spiro atoms. The summed E-state index contributed by atoms with van der Waals surface area (Å²) < 4.78 is 23.7. The summed E-state index contributed by atoms with van der Waals surface area (Å²) in [5.41, 5.74) is 1.20. The number of nitrogens with zero attached hydrogens (tertiary/aromatic N) is 1. The van der Waals surface area contributed by atoms with E-state index >= 15 is 0 Å². The minimum absolute atomic E-state index is 0. The molecular weight excluding hydrogens is 385 g/mol. The van der Waals surface area contributed by atoms with Crippen molar-refractivity contribution < 1.29 is 13.9 Å². The van der Waals surface area contributed by atoms with E-state index in [2.05, 4.69) is 11.0 Å². The fourth-order valence-electron chi connectivity index (χ4n) is 3.24. The second kappa shape index (κ2) is 10.8. The fourth-order valence-corrected chi connectivity index (χ4v) is 4.45. The first-order valence-corrected chi connectivity index (χ1v) is 9.91. The Hall–Kier alpha value is -1.43. The van der Waals surface area contributed by atoms with Crippen LogP contribution in [0, 0.1) is 5.82 Å². The van der Waals surface area contributed by atoms with Crippen LogP contribution in [0.25, 0.3) is 0 Å². The number of benzene rings is 2. The maximum Gasteiger partial charge on any atom is 0.136 e. The number of ether oxygens (including phenoxy) is 2. The highest BCUT2D eigenvalue weighted by molar-refractivity contribution is 8.00. The molecule has 148 valence electrons. The van der Waals surface area contributed by atoms with Crippen molar-refractivity contribution in [2.24, 2.45) is 0 Å². The average molecular weight is 412 g/mol. The van der Waals surface area contributed by atoms with Crippen molar-refractivity contribution in [2.45, 2.75) is 29.4 Å². The van der Waals surface area contributed by atoms with E-state index < -0.39 is 0 Å². The number of rotatable bonds is 7. The van der Waals surface area contributed by atoms with Crippen LogP contribution in [0.1, 0.15) is 18.4 Å². The van der Waals surface area contributed by atoms with Gasteiger partial charge in [0.1, 0.15) is 17.3 Å². The van der Waals surface area contributed by atoms with E-state index in [0.29, 0.717) is 5.25 Å². The normalized spacial score (nSPS) is 15.2. The number of halogens is 2. The van der Waals surface area contributed by atoms with E-state index in [0.717, 1.165) is 37.6 Å². The van der Waals surface area contributed by atoms with Gasteiger partial charge in [0.2, 0.25) is 0 Å². The molecule has 2 aromatic rings. The summed E-state index contributed by atoms with van der Waals surface area (Å²) in [7, 11) is 3.38. The minimum Gasteiger partial charge on any atom is -0.497 e. The van der Waals surface area contributed by atoms with Crippen LogP contribution in [0.5, 0.6) is 11.5 Å². The Morgan fingerprint density at radius 3 is 2.37 bits per heavy atom. The number of thioether (sulfide) groups is 1. The molecule has 1 aliphatic rings. The smallest absolute Gasteiger partial charge is 0.136 e. The zero-order valence-corrected chi connectivity index (χ0v) is 17.5. The molecule has 2 aromatic carbocycles. The Morgan fingerprint density at radius 1 is 1.04 bits per heavy atom. The third kappa shape index (κ3) is 6.30. The lowest BCUT2D eigenvalue weighted by atomic mass is 10.1. The van der Waals surface area contributed by atoms with Crippen molar-refractivity contribution in [3.8, 4) is 11.5 Å². The standard InChI is InChI=1S/C21H26FNO2S.ClH/c1-24-18-7-8-21(20(15-18)25-2)26-19-10-13-23(14-11-19)12-9-16-3-5-17(22)6-4-16;/h3-8,15,19H,9-14H2,1-2H3;1H. The van der Waals surface area contributed by atoms with Crippen LogP contribution >= 0.6 is 24.2 Å². The molecule has 0 N–H and O–H groups in total. The summed E-state index contributed by atoms with van der Waals surface area (Å²) >= 11 is 1.90. The number of likely N-dealkylation sites (tertiary alicyclic amines) is 1. The van der Waals surface area contributed by atoms with Gasteiger partial charge in [0, 0.05) is 22.8 Å².